The minimum absolute atomic E-state index is 0.0549. The van der Waals surface area contributed by atoms with Crippen molar-refractivity contribution in [2.45, 2.75) is 58.3 Å². The Morgan fingerprint density at radius 2 is 2.23 bits per heavy atom. The Morgan fingerprint density at radius 1 is 1.38 bits per heavy atom. The van der Waals surface area contributed by atoms with Gasteiger partial charge in [-0.2, -0.15) is 0 Å². The number of hydrogen-bond donors (Lipinski definition) is 0. The van der Waals surface area contributed by atoms with Crippen molar-refractivity contribution in [3.05, 3.63) is 35.9 Å². The molecule has 140 valence electrons. The summed E-state index contributed by atoms with van der Waals surface area (Å²) in [5.74, 6) is 0.767. The zero-order chi connectivity index (χ0) is 18.5. The zero-order valence-corrected chi connectivity index (χ0v) is 15.7. The largest absolute Gasteiger partial charge is 0.334 e. The van der Waals surface area contributed by atoms with E-state index < -0.39 is 0 Å². The number of carbonyl (C=O) groups excluding carboxylic acids is 1. The van der Waals surface area contributed by atoms with Gasteiger partial charge in [0.05, 0.1) is 12.6 Å². The molecule has 2 aromatic heterocycles. The van der Waals surface area contributed by atoms with Crippen molar-refractivity contribution in [1.29, 1.82) is 0 Å². The lowest BCUT2D eigenvalue weighted by Gasteiger charge is -2.36. The predicted molar refractivity (Wildman–Crippen MR) is 97.0 cm³/mol. The molecule has 26 heavy (non-hydrogen) atoms. The van der Waals surface area contributed by atoms with Crippen molar-refractivity contribution in [2.75, 3.05) is 13.6 Å². The first-order valence-electron chi connectivity index (χ1n) is 9.21. The summed E-state index contributed by atoms with van der Waals surface area (Å²) < 4.78 is 1.62. The molecule has 1 amide bonds. The summed E-state index contributed by atoms with van der Waals surface area (Å²) in [6.45, 7) is 5.79. The smallest absolute Gasteiger partial charge is 0.244 e. The number of tetrazole rings is 1. The van der Waals surface area contributed by atoms with Crippen LogP contribution in [-0.4, -0.2) is 60.5 Å². The number of carbonyl (C=O) groups is 1. The van der Waals surface area contributed by atoms with Crippen LogP contribution in [0.25, 0.3) is 0 Å². The highest BCUT2D eigenvalue weighted by Crippen LogP contribution is 2.30. The van der Waals surface area contributed by atoms with Crippen LogP contribution in [-0.2, 0) is 17.9 Å². The normalized spacial score (nSPS) is 17.9. The molecule has 1 fully saturated rings. The van der Waals surface area contributed by atoms with E-state index in [0.29, 0.717) is 18.4 Å². The second-order valence-corrected chi connectivity index (χ2v) is 7.15. The summed E-state index contributed by atoms with van der Waals surface area (Å²) >= 11 is 0. The van der Waals surface area contributed by atoms with Crippen LogP contribution in [0.4, 0.5) is 0 Å². The molecule has 8 heteroatoms. The second-order valence-electron chi connectivity index (χ2n) is 7.15. The summed E-state index contributed by atoms with van der Waals surface area (Å²) in [4.78, 5) is 21.3. The van der Waals surface area contributed by atoms with E-state index in [2.05, 4.69) is 39.3 Å². The van der Waals surface area contributed by atoms with Crippen molar-refractivity contribution in [2.24, 2.45) is 0 Å². The maximum atomic E-state index is 13.0. The maximum Gasteiger partial charge on any atom is 0.244 e. The molecule has 2 aromatic rings. The Bertz CT molecular complexity index is 715. The van der Waals surface area contributed by atoms with Gasteiger partial charge in [0.25, 0.3) is 0 Å². The van der Waals surface area contributed by atoms with Gasteiger partial charge in [-0.1, -0.05) is 6.07 Å². The lowest BCUT2D eigenvalue weighted by Crippen LogP contribution is -2.41. The number of amides is 1. The second kappa shape index (κ2) is 8.35. The van der Waals surface area contributed by atoms with Crippen molar-refractivity contribution >= 4 is 5.91 Å². The monoisotopic (exact) mass is 357 g/mol. The van der Waals surface area contributed by atoms with Gasteiger partial charge in [0, 0.05) is 25.0 Å². The minimum Gasteiger partial charge on any atom is -0.334 e. The Kier molecular flexibility index (Phi) is 5.92. The third-order valence-corrected chi connectivity index (χ3v) is 5.06. The Hall–Kier alpha value is -2.35. The topological polar surface area (TPSA) is 80.0 Å². The summed E-state index contributed by atoms with van der Waals surface area (Å²) in [6.07, 6.45) is 6.74. The number of likely N-dealkylation sites (tertiary alicyclic amines) is 1. The van der Waals surface area contributed by atoms with Gasteiger partial charge >= 0.3 is 0 Å². The average molecular weight is 357 g/mol. The Labute approximate surface area is 154 Å². The van der Waals surface area contributed by atoms with Crippen molar-refractivity contribution in [1.82, 2.24) is 35.0 Å². The van der Waals surface area contributed by atoms with Crippen LogP contribution >= 0.6 is 0 Å². The van der Waals surface area contributed by atoms with E-state index in [9.17, 15) is 4.79 Å². The molecule has 1 aliphatic heterocycles. The highest BCUT2D eigenvalue weighted by atomic mass is 16.2. The van der Waals surface area contributed by atoms with Crippen LogP contribution in [0.5, 0.6) is 0 Å². The van der Waals surface area contributed by atoms with E-state index in [1.165, 1.54) is 0 Å². The SMILES string of the molecule is CC(C)N(C)Cc1nnnn1CC(=O)N1CCCC[C@H]1c1cccnc1. The molecule has 0 N–H and O–H groups in total. The molecule has 1 aliphatic rings. The predicted octanol–water partition coefficient (Wildman–Crippen LogP) is 1.66. The van der Waals surface area contributed by atoms with Gasteiger partial charge in [-0.25, -0.2) is 4.68 Å². The molecule has 8 nitrogen and oxygen atoms in total. The highest BCUT2D eigenvalue weighted by Gasteiger charge is 2.29. The Morgan fingerprint density at radius 3 is 2.96 bits per heavy atom. The van der Waals surface area contributed by atoms with Gasteiger partial charge in [-0.3, -0.25) is 14.7 Å². The lowest BCUT2D eigenvalue weighted by atomic mass is 9.96. The van der Waals surface area contributed by atoms with Crippen molar-refractivity contribution < 1.29 is 4.79 Å². The van der Waals surface area contributed by atoms with Gasteiger partial charge in [0.2, 0.25) is 5.91 Å². The molecule has 3 rings (SSSR count). The third kappa shape index (κ3) is 4.24. The molecule has 1 atom stereocenters. The van der Waals surface area contributed by atoms with Gasteiger partial charge in [0.1, 0.15) is 6.54 Å². The first-order chi connectivity index (χ1) is 12.6. The van der Waals surface area contributed by atoms with E-state index in [1.807, 2.05) is 30.3 Å². The van der Waals surface area contributed by atoms with Crippen molar-refractivity contribution in [3.8, 4) is 0 Å². The van der Waals surface area contributed by atoms with Gasteiger partial charge in [0.15, 0.2) is 5.82 Å². The zero-order valence-electron chi connectivity index (χ0n) is 15.7. The molecule has 0 unspecified atom stereocenters. The summed E-state index contributed by atoms with van der Waals surface area (Å²) in [6, 6.07) is 4.44. The molecule has 0 aromatic carbocycles. The number of piperidine rings is 1. The van der Waals surface area contributed by atoms with E-state index in [0.717, 1.165) is 31.4 Å². The quantitative estimate of drug-likeness (QED) is 0.782. The summed E-state index contributed by atoms with van der Waals surface area (Å²) in [7, 11) is 2.02. The fourth-order valence-corrected chi connectivity index (χ4v) is 3.23. The van der Waals surface area contributed by atoms with E-state index in [4.69, 9.17) is 0 Å². The Balaban J connectivity index is 1.72. The van der Waals surface area contributed by atoms with Crippen LogP contribution < -0.4 is 0 Å². The maximum absolute atomic E-state index is 13.0. The van der Waals surface area contributed by atoms with Crippen LogP contribution in [0.15, 0.2) is 24.5 Å². The fraction of sp³-hybridized carbons (Fsp3) is 0.611. The van der Waals surface area contributed by atoms with Crippen LogP contribution in [0.1, 0.15) is 50.5 Å². The molecule has 3 heterocycles. The number of hydrogen-bond acceptors (Lipinski definition) is 6. The standard InChI is InChI=1S/C18H27N7O/c1-14(2)23(3)12-17-20-21-22-25(17)13-18(26)24-10-5-4-8-16(24)15-7-6-9-19-11-15/h6-7,9,11,14,16H,4-5,8,10,12-13H2,1-3H3/t16-/m0/s1. The number of pyridine rings is 1. The number of rotatable bonds is 6. The molecule has 0 spiro atoms. The van der Waals surface area contributed by atoms with Gasteiger partial charge in [-0.15, -0.1) is 5.10 Å². The van der Waals surface area contributed by atoms with Gasteiger partial charge in [-0.05, 0) is 62.2 Å². The third-order valence-electron chi connectivity index (χ3n) is 5.06. The number of aromatic nitrogens is 5. The molecule has 0 saturated carbocycles. The molecule has 0 aliphatic carbocycles. The molecule has 0 bridgehead atoms. The minimum atomic E-state index is 0.0549. The fourth-order valence-electron chi connectivity index (χ4n) is 3.23. The van der Waals surface area contributed by atoms with E-state index in [1.54, 1.807) is 10.9 Å². The van der Waals surface area contributed by atoms with Crippen molar-refractivity contribution in [3.63, 3.8) is 0 Å². The summed E-state index contributed by atoms with van der Waals surface area (Å²) in [5.41, 5.74) is 1.09. The molecule has 1 saturated heterocycles. The van der Waals surface area contributed by atoms with Crippen LogP contribution in [0, 0.1) is 0 Å². The first kappa shape index (κ1) is 18.4. The number of nitrogens with zero attached hydrogens (tertiary/aromatic N) is 7. The first-order valence-corrected chi connectivity index (χ1v) is 9.21. The van der Waals surface area contributed by atoms with E-state index in [-0.39, 0.29) is 18.5 Å². The van der Waals surface area contributed by atoms with E-state index >= 15 is 0 Å². The molecular weight excluding hydrogens is 330 g/mol. The lowest BCUT2D eigenvalue weighted by molar-refractivity contribution is -0.136. The van der Waals surface area contributed by atoms with Crippen LogP contribution in [0.2, 0.25) is 0 Å². The molecule has 0 radical (unpaired) electrons. The molecular formula is C18H27N7O. The summed E-state index contributed by atoms with van der Waals surface area (Å²) in [5, 5.41) is 11.9. The highest BCUT2D eigenvalue weighted by molar-refractivity contribution is 5.76. The van der Waals surface area contributed by atoms with Gasteiger partial charge < -0.3 is 4.90 Å². The average Bonchev–Trinajstić information content (AvgIpc) is 3.09. The van der Waals surface area contributed by atoms with Crippen LogP contribution in [0.3, 0.4) is 0 Å².